The largest absolute Gasteiger partial charge is 0.417 e. The molecule has 4 fully saturated rings. The van der Waals surface area contributed by atoms with Crippen LogP contribution in [0.25, 0.3) is 0 Å². The monoisotopic (exact) mass is 800 g/mol. The first-order valence-corrected chi connectivity index (χ1v) is 20.2. The number of nitriles is 1. The molecule has 0 saturated carbocycles. The van der Waals surface area contributed by atoms with Gasteiger partial charge < -0.3 is 24.5 Å². The van der Waals surface area contributed by atoms with Crippen LogP contribution in [0.5, 0.6) is 0 Å². The molecule has 5 aliphatic heterocycles. The van der Waals surface area contributed by atoms with E-state index >= 15 is 4.39 Å². The molecule has 4 saturated heterocycles. The highest BCUT2D eigenvalue weighted by Gasteiger charge is 2.40. The molecule has 15 heteroatoms. The second kappa shape index (κ2) is 15.8. The van der Waals surface area contributed by atoms with Crippen molar-refractivity contribution in [3.8, 4) is 6.07 Å². The molecule has 0 radical (unpaired) electrons. The zero-order chi connectivity index (χ0) is 40.9. The number of hydrogen-bond donors (Lipinski definition) is 1. The Labute approximate surface area is 335 Å². The third-order valence-corrected chi connectivity index (χ3v) is 12.7. The molecule has 8 rings (SSSR count). The highest BCUT2D eigenvalue weighted by Crippen LogP contribution is 2.37. The molecule has 1 unspecified atom stereocenters. The molecular formula is C43H48F4N8O3. The van der Waals surface area contributed by atoms with Crippen molar-refractivity contribution in [2.75, 3.05) is 78.5 Å². The normalized spacial score (nSPS) is 23.6. The molecule has 5 aliphatic rings. The van der Waals surface area contributed by atoms with Gasteiger partial charge in [0.1, 0.15) is 11.9 Å². The summed E-state index contributed by atoms with van der Waals surface area (Å²) in [5.74, 6) is -0.643. The molecule has 58 heavy (non-hydrogen) atoms. The van der Waals surface area contributed by atoms with Gasteiger partial charge in [0.2, 0.25) is 11.8 Å². The predicted molar refractivity (Wildman–Crippen MR) is 212 cm³/mol. The fraction of sp³-hybridized carbons (Fsp3) is 0.488. The van der Waals surface area contributed by atoms with Crippen LogP contribution >= 0.6 is 0 Å². The number of fused-ring (bicyclic) bond motifs is 1. The second-order valence-electron chi connectivity index (χ2n) is 16.4. The van der Waals surface area contributed by atoms with Crippen LogP contribution in [-0.2, 0) is 22.3 Å². The molecule has 306 valence electrons. The van der Waals surface area contributed by atoms with Crippen molar-refractivity contribution in [2.45, 2.75) is 70.4 Å². The van der Waals surface area contributed by atoms with Gasteiger partial charge in [0.05, 0.1) is 22.9 Å². The molecule has 0 aromatic heterocycles. The summed E-state index contributed by atoms with van der Waals surface area (Å²) >= 11 is 0. The first-order chi connectivity index (χ1) is 27.8. The molecular weight excluding hydrogens is 753 g/mol. The number of carbonyl (C=O) groups is 3. The van der Waals surface area contributed by atoms with Gasteiger partial charge in [0.15, 0.2) is 0 Å². The molecule has 3 aromatic carbocycles. The Bertz CT molecular complexity index is 2120. The van der Waals surface area contributed by atoms with Gasteiger partial charge in [-0.05, 0) is 99.2 Å². The van der Waals surface area contributed by atoms with Crippen LogP contribution in [0.2, 0.25) is 0 Å². The SMILES string of the molecule is C[C@@H]1CN(c2ccc(C#N)c(C(F)(F)F)c2)[C@@H](C)CN1c1ccc(N2CCC(CN3CCN(c4ccc5c(c4)CN(C4CCC(=O)NC4=O)C5=O)CC3)CC2)c(F)c1. The minimum absolute atomic E-state index is 0.0963. The zero-order valence-electron chi connectivity index (χ0n) is 32.8. The average Bonchev–Trinajstić information content (AvgIpc) is 3.53. The number of amides is 3. The molecule has 0 spiro atoms. The molecule has 0 bridgehead atoms. The Kier molecular flexibility index (Phi) is 10.7. The maximum absolute atomic E-state index is 15.8. The number of hydrogen-bond acceptors (Lipinski definition) is 9. The van der Waals surface area contributed by atoms with Gasteiger partial charge in [0, 0.05) is 107 Å². The van der Waals surface area contributed by atoms with Gasteiger partial charge in [-0.15, -0.1) is 0 Å². The molecule has 3 amide bonds. The van der Waals surface area contributed by atoms with E-state index in [0.29, 0.717) is 48.9 Å². The number of nitrogens with zero attached hydrogens (tertiary/aromatic N) is 7. The smallest absolute Gasteiger partial charge is 0.369 e. The van der Waals surface area contributed by atoms with Crippen molar-refractivity contribution in [3.63, 3.8) is 0 Å². The van der Waals surface area contributed by atoms with Crippen LogP contribution in [-0.4, -0.2) is 105 Å². The van der Waals surface area contributed by atoms with Crippen LogP contribution in [0.1, 0.15) is 66.6 Å². The quantitative estimate of drug-likeness (QED) is 0.241. The average molecular weight is 801 g/mol. The van der Waals surface area contributed by atoms with E-state index in [2.05, 4.69) is 31.0 Å². The highest BCUT2D eigenvalue weighted by molar-refractivity contribution is 6.05. The van der Waals surface area contributed by atoms with Crippen molar-refractivity contribution in [2.24, 2.45) is 5.92 Å². The van der Waals surface area contributed by atoms with Gasteiger partial charge in [-0.25, -0.2) is 4.39 Å². The molecule has 1 N–H and O–H groups in total. The third-order valence-electron chi connectivity index (χ3n) is 12.7. The van der Waals surface area contributed by atoms with Gasteiger partial charge in [-0.2, -0.15) is 18.4 Å². The number of rotatable bonds is 7. The summed E-state index contributed by atoms with van der Waals surface area (Å²) in [5, 5.41) is 11.6. The lowest BCUT2D eigenvalue weighted by Crippen LogP contribution is -2.57. The number of anilines is 4. The fourth-order valence-electron chi connectivity index (χ4n) is 9.49. The van der Waals surface area contributed by atoms with Gasteiger partial charge >= 0.3 is 6.18 Å². The Hall–Kier alpha value is -5.36. The summed E-state index contributed by atoms with van der Waals surface area (Å²) in [6.07, 6.45) is -2.13. The Morgan fingerprint density at radius 1 is 0.776 bits per heavy atom. The predicted octanol–water partition coefficient (Wildman–Crippen LogP) is 5.62. The van der Waals surface area contributed by atoms with Crippen LogP contribution in [0.4, 0.5) is 40.3 Å². The summed E-state index contributed by atoms with van der Waals surface area (Å²) in [5.41, 5.74) is 2.99. The van der Waals surface area contributed by atoms with Crippen molar-refractivity contribution >= 4 is 40.5 Å². The second-order valence-corrected chi connectivity index (χ2v) is 16.4. The lowest BCUT2D eigenvalue weighted by atomic mass is 9.95. The Morgan fingerprint density at radius 2 is 1.43 bits per heavy atom. The number of halogens is 4. The minimum atomic E-state index is -4.63. The van der Waals surface area contributed by atoms with Crippen LogP contribution in [0, 0.1) is 23.1 Å². The van der Waals surface area contributed by atoms with Crippen LogP contribution < -0.4 is 24.9 Å². The number of nitrogens with one attached hydrogen (secondary N) is 1. The molecule has 5 heterocycles. The van der Waals surface area contributed by atoms with Gasteiger partial charge in [-0.1, -0.05) is 0 Å². The van der Waals surface area contributed by atoms with E-state index in [9.17, 15) is 32.8 Å². The molecule has 11 nitrogen and oxygen atoms in total. The Balaban J connectivity index is 0.812. The van der Waals surface area contributed by atoms with E-state index in [1.807, 2.05) is 43.0 Å². The first kappa shape index (κ1) is 39.5. The zero-order valence-corrected chi connectivity index (χ0v) is 32.8. The maximum atomic E-state index is 15.8. The summed E-state index contributed by atoms with van der Waals surface area (Å²) < 4.78 is 56.8. The summed E-state index contributed by atoms with van der Waals surface area (Å²) in [4.78, 5) is 49.8. The number of imide groups is 1. The lowest BCUT2D eigenvalue weighted by molar-refractivity contribution is -0.138. The summed E-state index contributed by atoms with van der Waals surface area (Å²) in [7, 11) is 0. The van der Waals surface area contributed by atoms with Gasteiger partial charge in [-0.3, -0.25) is 24.6 Å². The van der Waals surface area contributed by atoms with E-state index in [1.165, 1.54) is 6.07 Å². The third kappa shape index (κ3) is 7.78. The van der Waals surface area contributed by atoms with Crippen LogP contribution in [0.15, 0.2) is 54.6 Å². The standard InChI is InChI=1S/C43H48F4N8O3/c1-27-24-54(28(2)23-53(27)33-4-3-30(22-48)36(20-33)43(45,46)47)34-6-8-38(37(44)21-34)52-13-11-29(12-14-52)25-50-15-17-51(18-16-50)32-5-7-35-31(19-32)26-55(42(35)58)39-9-10-40(56)49-41(39)57/h3-8,19-21,27-29,39H,9-18,23-26H2,1-2H3,(H,49,56,57)/t27-,28+,39?/m0/s1. The van der Waals surface area contributed by atoms with E-state index < -0.39 is 29.3 Å². The van der Waals surface area contributed by atoms with Crippen LogP contribution in [0.3, 0.4) is 0 Å². The molecule has 3 atom stereocenters. The van der Waals surface area contributed by atoms with E-state index in [-0.39, 0.29) is 36.1 Å². The van der Waals surface area contributed by atoms with E-state index in [1.54, 1.807) is 23.1 Å². The molecule has 0 aliphatic carbocycles. The summed E-state index contributed by atoms with van der Waals surface area (Å²) in [6, 6.07) is 15.9. The fourth-order valence-corrected chi connectivity index (χ4v) is 9.49. The van der Waals surface area contributed by atoms with Crippen molar-refractivity contribution in [1.29, 1.82) is 5.26 Å². The van der Waals surface area contributed by atoms with Gasteiger partial charge in [0.25, 0.3) is 5.91 Å². The number of alkyl halides is 3. The topological polar surface area (TPSA) is 106 Å². The van der Waals surface area contributed by atoms with E-state index in [0.717, 1.165) is 81.7 Å². The number of piperidine rings is 2. The minimum Gasteiger partial charge on any atom is -0.369 e. The summed E-state index contributed by atoms with van der Waals surface area (Å²) in [6.45, 7) is 11.3. The van der Waals surface area contributed by atoms with E-state index in [4.69, 9.17) is 0 Å². The lowest BCUT2D eigenvalue weighted by Gasteiger charge is -2.46. The van der Waals surface area contributed by atoms with Crippen molar-refractivity contribution in [3.05, 3.63) is 82.7 Å². The number of piperazine rings is 2. The Morgan fingerprint density at radius 3 is 2.07 bits per heavy atom. The first-order valence-electron chi connectivity index (χ1n) is 20.2. The molecule has 3 aromatic rings. The van der Waals surface area contributed by atoms with Crippen molar-refractivity contribution < 1.29 is 31.9 Å². The number of carbonyl (C=O) groups excluding carboxylic acids is 3. The number of benzene rings is 3. The maximum Gasteiger partial charge on any atom is 0.417 e. The highest BCUT2D eigenvalue weighted by atomic mass is 19.4. The van der Waals surface area contributed by atoms with Crippen molar-refractivity contribution in [1.82, 2.24) is 15.1 Å².